The van der Waals surface area contributed by atoms with E-state index in [1.807, 2.05) is 0 Å². The first kappa shape index (κ1) is 71.2. The molecule has 0 aromatic rings. The Labute approximate surface area is 456 Å². The van der Waals surface area contributed by atoms with Crippen molar-refractivity contribution in [2.75, 3.05) is 13.2 Å². The van der Waals surface area contributed by atoms with Gasteiger partial charge in [-0.05, 0) is 38.5 Å². The summed E-state index contributed by atoms with van der Waals surface area (Å²) in [6.07, 6.45) is 73.8. The lowest BCUT2D eigenvalue weighted by Gasteiger charge is -2.18. The zero-order valence-corrected chi connectivity index (χ0v) is 49.7. The summed E-state index contributed by atoms with van der Waals surface area (Å²) in [5.41, 5.74) is 0. The third-order valence-corrected chi connectivity index (χ3v) is 15.3. The molecule has 0 aliphatic rings. The van der Waals surface area contributed by atoms with Crippen molar-refractivity contribution in [3.63, 3.8) is 0 Å². The molecule has 0 spiro atoms. The number of unbranched alkanes of at least 4 members (excludes halogenated alkanes) is 49. The van der Waals surface area contributed by atoms with Gasteiger partial charge in [0.15, 0.2) is 6.10 Å². The van der Waals surface area contributed by atoms with Crippen LogP contribution in [0.15, 0.2) is 12.2 Å². The second-order valence-electron chi connectivity index (χ2n) is 22.7. The Morgan fingerprint density at radius 1 is 0.260 bits per heavy atom. The van der Waals surface area contributed by atoms with Crippen molar-refractivity contribution in [1.82, 2.24) is 0 Å². The molecule has 432 valence electrons. The summed E-state index contributed by atoms with van der Waals surface area (Å²) < 4.78 is 16.9. The molecule has 0 rings (SSSR count). The molecule has 0 aliphatic heterocycles. The highest BCUT2D eigenvalue weighted by atomic mass is 16.6. The van der Waals surface area contributed by atoms with Crippen LogP contribution in [-0.2, 0) is 28.6 Å². The fraction of sp³-hybridized carbons (Fsp3) is 0.925. The SMILES string of the molecule is CCCC/C=C\CCCCCCCC(=O)OCC(COC(=O)CCCCCCCCCCCCCCCCCCCCCCCCCC)OC(=O)CCCCCCCCCCCCCCCCCCCCCC. The molecule has 0 saturated heterocycles. The van der Waals surface area contributed by atoms with E-state index in [9.17, 15) is 14.4 Å². The van der Waals surface area contributed by atoms with Crippen molar-refractivity contribution in [2.24, 2.45) is 0 Å². The van der Waals surface area contributed by atoms with Gasteiger partial charge < -0.3 is 14.2 Å². The number of carbonyl (C=O) groups is 3. The molecular weight excluding hydrogens is 901 g/mol. The summed E-state index contributed by atoms with van der Waals surface area (Å²) in [6.45, 7) is 6.68. The number of esters is 3. The lowest BCUT2D eigenvalue weighted by atomic mass is 10.0. The highest BCUT2D eigenvalue weighted by Crippen LogP contribution is 2.19. The predicted octanol–water partition coefficient (Wildman–Crippen LogP) is 22.4. The Morgan fingerprint density at radius 2 is 0.466 bits per heavy atom. The van der Waals surface area contributed by atoms with Crippen LogP contribution in [-0.4, -0.2) is 37.2 Å². The van der Waals surface area contributed by atoms with Crippen molar-refractivity contribution < 1.29 is 28.6 Å². The van der Waals surface area contributed by atoms with Gasteiger partial charge in [0.1, 0.15) is 13.2 Å². The van der Waals surface area contributed by atoms with Gasteiger partial charge in [-0.25, -0.2) is 0 Å². The summed E-state index contributed by atoms with van der Waals surface area (Å²) in [5.74, 6) is -0.845. The number of carbonyl (C=O) groups excluding carboxylic acids is 3. The molecule has 6 heteroatoms. The summed E-state index contributed by atoms with van der Waals surface area (Å²) >= 11 is 0. The van der Waals surface area contributed by atoms with Crippen LogP contribution < -0.4 is 0 Å². The molecule has 0 heterocycles. The molecule has 1 atom stereocenters. The largest absolute Gasteiger partial charge is 0.462 e. The van der Waals surface area contributed by atoms with E-state index in [4.69, 9.17) is 14.2 Å². The van der Waals surface area contributed by atoms with Gasteiger partial charge >= 0.3 is 17.9 Å². The molecule has 0 aromatic heterocycles. The van der Waals surface area contributed by atoms with E-state index in [1.54, 1.807) is 0 Å². The molecule has 0 N–H and O–H groups in total. The summed E-state index contributed by atoms with van der Waals surface area (Å²) in [7, 11) is 0. The van der Waals surface area contributed by atoms with Crippen LogP contribution in [0.5, 0.6) is 0 Å². The van der Waals surface area contributed by atoms with Gasteiger partial charge in [-0.2, -0.15) is 0 Å². The molecule has 0 amide bonds. The lowest BCUT2D eigenvalue weighted by Crippen LogP contribution is -2.30. The zero-order chi connectivity index (χ0) is 52.9. The molecule has 0 aliphatic carbocycles. The number of allylic oxidation sites excluding steroid dienone is 2. The number of hydrogen-bond donors (Lipinski definition) is 0. The van der Waals surface area contributed by atoms with E-state index >= 15 is 0 Å². The van der Waals surface area contributed by atoms with E-state index in [2.05, 4.69) is 32.9 Å². The molecule has 6 nitrogen and oxygen atoms in total. The van der Waals surface area contributed by atoms with Gasteiger partial charge in [-0.3, -0.25) is 14.4 Å². The van der Waals surface area contributed by atoms with Gasteiger partial charge in [0.2, 0.25) is 0 Å². The van der Waals surface area contributed by atoms with Crippen LogP contribution in [0.1, 0.15) is 380 Å². The van der Waals surface area contributed by atoms with Crippen LogP contribution in [0.25, 0.3) is 0 Å². The topological polar surface area (TPSA) is 78.9 Å². The molecule has 0 bridgehead atoms. The van der Waals surface area contributed by atoms with Gasteiger partial charge in [0, 0.05) is 19.3 Å². The third-order valence-electron chi connectivity index (χ3n) is 15.3. The third kappa shape index (κ3) is 60.9. The van der Waals surface area contributed by atoms with Crippen LogP contribution in [0.2, 0.25) is 0 Å². The molecule has 0 aromatic carbocycles. The maximum absolute atomic E-state index is 12.9. The van der Waals surface area contributed by atoms with Crippen LogP contribution in [0, 0.1) is 0 Å². The van der Waals surface area contributed by atoms with E-state index < -0.39 is 6.10 Å². The fourth-order valence-electron chi connectivity index (χ4n) is 10.3. The van der Waals surface area contributed by atoms with Crippen LogP contribution in [0.4, 0.5) is 0 Å². The standard InChI is InChI=1S/C67H128O6/c1-4-7-10-13-16-19-22-24-26-28-30-32-33-34-35-37-38-40-42-45-48-51-54-57-60-66(69)72-63-64(62-71-65(68)59-56-53-50-47-44-21-18-15-12-9-6-3)73-67(70)61-58-55-52-49-46-43-41-39-36-31-29-27-25-23-20-17-14-11-8-5-2/h15,18,64H,4-14,16-17,19-63H2,1-3H3/b18-15-. The van der Waals surface area contributed by atoms with Crippen molar-refractivity contribution in [2.45, 2.75) is 386 Å². The number of ether oxygens (including phenoxy) is 3. The minimum Gasteiger partial charge on any atom is -0.462 e. The second-order valence-corrected chi connectivity index (χ2v) is 22.7. The molecule has 1 unspecified atom stereocenters. The highest BCUT2D eigenvalue weighted by Gasteiger charge is 2.19. The average molecular weight is 1030 g/mol. The van der Waals surface area contributed by atoms with Gasteiger partial charge in [0.05, 0.1) is 0 Å². The quantitative estimate of drug-likeness (QED) is 0.0261. The smallest absolute Gasteiger partial charge is 0.306 e. The van der Waals surface area contributed by atoms with Gasteiger partial charge in [-0.1, -0.05) is 335 Å². The minimum absolute atomic E-state index is 0.0661. The van der Waals surface area contributed by atoms with Gasteiger partial charge in [-0.15, -0.1) is 0 Å². The predicted molar refractivity (Wildman–Crippen MR) is 317 cm³/mol. The first-order valence-electron chi connectivity index (χ1n) is 33.2. The first-order valence-corrected chi connectivity index (χ1v) is 33.2. The Hall–Kier alpha value is -1.85. The average Bonchev–Trinajstić information content (AvgIpc) is 3.39. The summed E-state index contributed by atoms with van der Waals surface area (Å²) in [4.78, 5) is 38.3. The highest BCUT2D eigenvalue weighted by molar-refractivity contribution is 5.71. The second kappa shape index (κ2) is 62.7. The molecule has 0 fully saturated rings. The number of hydrogen-bond acceptors (Lipinski definition) is 6. The normalized spacial score (nSPS) is 12.0. The maximum atomic E-state index is 12.9. The van der Waals surface area contributed by atoms with Crippen LogP contribution >= 0.6 is 0 Å². The molecule has 73 heavy (non-hydrogen) atoms. The van der Waals surface area contributed by atoms with E-state index in [-0.39, 0.29) is 31.1 Å². The maximum Gasteiger partial charge on any atom is 0.306 e. The minimum atomic E-state index is -0.768. The molecule has 0 saturated carbocycles. The Balaban J connectivity index is 4.18. The fourth-order valence-corrected chi connectivity index (χ4v) is 10.3. The van der Waals surface area contributed by atoms with E-state index in [0.717, 1.165) is 64.2 Å². The molecular formula is C67H128O6. The Morgan fingerprint density at radius 3 is 0.726 bits per heavy atom. The zero-order valence-electron chi connectivity index (χ0n) is 49.7. The summed E-state index contributed by atoms with van der Waals surface area (Å²) in [5, 5.41) is 0. The Bertz CT molecular complexity index is 1130. The van der Waals surface area contributed by atoms with Crippen molar-refractivity contribution in [1.29, 1.82) is 0 Å². The van der Waals surface area contributed by atoms with E-state index in [1.165, 1.54) is 276 Å². The lowest BCUT2D eigenvalue weighted by molar-refractivity contribution is -0.167. The van der Waals surface area contributed by atoms with Crippen molar-refractivity contribution >= 4 is 17.9 Å². The van der Waals surface area contributed by atoms with Crippen molar-refractivity contribution in [3.8, 4) is 0 Å². The van der Waals surface area contributed by atoms with Crippen LogP contribution in [0.3, 0.4) is 0 Å². The first-order chi connectivity index (χ1) is 36.0. The number of rotatable bonds is 62. The van der Waals surface area contributed by atoms with Gasteiger partial charge in [0.25, 0.3) is 0 Å². The van der Waals surface area contributed by atoms with Crippen molar-refractivity contribution in [3.05, 3.63) is 12.2 Å². The van der Waals surface area contributed by atoms with E-state index in [0.29, 0.717) is 19.3 Å². The summed E-state index contributed by atoms with van der Waals surface area (Å²) in [6, 6.07) is 0. The Kier molecular flexibility index (Phi) is 61.1. The monoisotopic (exact) mass is 1030 g/mol. The molecule has 0 radical (unpaired) electrons.